The van der Waals surface area contributed by atoms with E-state index in [1.807, 2.05) is 43.5 Å². The standard InChI is InChI=1S/C21H22N2O4S2/c1-4-26-15-8-11-17-18(12-15)29-21(23(17)13-19(24)27-5-2)22-20(25)14-6-9-16(28-3)10-7-14/h6-12H,4-5,13H2,1-3H3. The first-order chi connectivity index (χ1) is 14.0. The molecular weight excluding hydrogens is 408 g/mol. The van der Waals surface area contributed by atoms with Crippen molar-refractivity contribution in [3.8, 4) is 5.75 Å². The number of hydrogen-bond donors (Lipinski definition) is 0. The van der Waals surface area contributed by atoms with Crippen molar-refractivity contribution < 1.29 is 19.1 Å². The van der Waals surface area contributed by atoms with Crippen molar-refractivity contribution in [1.82, 2.24) is 4.57 Å². The number of fused-ring (bicyclic) bond motifs is 1. The molecule has 0 N–H and O–H groups in total. The fourth-order valence-electron chi connectivity index (χ4n) is 2.77. The molecule has 0 spiro atoms. The minimum atomic E-state index is -0.376. The Balaban J connectivity index is 2.06. The highest BCUT2D eigenvalue weighted by molar-refractivity contribution is 7.98. The molecule has 3 aromatic rings. The highest BCUT2D eigenvalue weighted by atomic mass is 32.2. The quantitative estimate of drug-likeness (QED) is 0.416. The minimum Gasteiger partial charge on any atom is -0.494 e. The Kier molecular flexibility index (Phi) is 7.11. The number of ether oxygens (including phenoxy) is 2. The number of thiazole rings is 1. The summed E-state index contributed by atoms with van der Waals surface area (Å²) in [5.74, 6) is 0.00113. The molecule has 1 heterocycles. The van der Waals surface area contributed by atoms with Gasteiger partial charge in [-0.05, 0) is 62.6 Å². The molecule has 8 heteroatoms. The van der Waals surface area contributed by atoms with E-state index in [4.69, 9.17) is 9.47 Å². The Hall–Kier alpha value is -2.58. The lowest BCUT2D eigenvalue weighted by Crippen LogP contribution is -2.23. The largest absolute Gasteiger partial charge is 0.494 e. The predicted molar refractivity (Wildman–Crippen MR) is 116 cm³/mol. The molecule has 0 bridgehead atoms. The van der Waals surface area contributed by atoms with Crippen molar-refractivity contribution in [2.45, 2.75) is 25.3 Å². The van der Waals surface area contributed by atoms with Gasteiger partial charge in [0.25, 0.3) is 5.91 Å². The molecule has 6 nitrogen and oxygen atoms in total. The van der Waals surface area contributed by atoms with Crippen LogP contribution in [0.4, 0.5) is 0 Å². The molecule has 0 aliphatic carbocycles. The third kappa shape index (κ3) is 5.07. The van der Waals surface area contributed by atoms with Gasteiger partial charge < -0.3 is 14.0 Å². The monoisotopic (exact) mass is 430 g/mol. The lowest BCUT2D eigenvalue weighted by atomic mass is 10.2. The summed E-state index contributed by atoms with van der Waals surface area (Å²) in [6, 6.07) is 12.9. The minimum absolute atomic E-state index is 0.0145. The summed E-state index contributed by atoms with van der Waals surface area (Å²) in [6.45, 7) is 4.51. The highest BCUT2D eigenvalue weighted by Gasteiger charge is 2.13. The van der Waals surface area contributed by atoms with E-state index < -0.39 is 0 Å². The van der Waals surface area contributed by atoms with Crippen LogP contribution in [0.2, 0.25) is 0 Å². The molecule has 0 radical (unpaired) electrons. The number of aromatic nitrogens is 1. The van der Waals surface area contributed by atoms with Crippen molar-refractivity contribution in [3.05, 3.63) is 52.8 Å². The molecule has 0 saturated carbocycles. The Bertz CT molecular complexity index is 1080. The fraction of sp³-hybridized carbons (Fsp3) is 0.286. The highest BCUT2D eigenvalue weighted by Crippen LogP contribution is 2.24. The van der Waals surface area contributed by atoms with Crippen LogP contribution in [-0.4, -0.2) is 35.9 Å². The Morgan fingerprint density at radius 1 is 1.10 bits per heavy atom. The number of benzene rings is 2. The van der Waals surface area contributed by atoms with E-state index in [1.54, 1.807) is 35.4 Å². The van der Waals surface area contributed by atoms with E-state index in [9.17, 15) is 9.59 Å². The number of carbonyl (C=O) groups is 2. The first-order valence-electron chi connectivity index (χ1n) is 9.20. The van der Waals surface area contributed by atoms with Crippen LogP contribution in [-0.2, 0) is 16.1 Å². The van der Waals surface area contributed by atoms with Crippen LogP contribution in [0, 0.1) is 0 Å². The summed E-state index contributed by atoms with van der Waals surface area (Å²) in [7, 11) is 0. The summed E-state index contributed by atoms with van der Waals surface area (Å²) in [5, 5.41) is 0. The molecule has 0 aliphatic heterocycles. The van der Waals surface area contributed by atoms with Gasteiger partial charge in [0, 0.05) is 10.5 Å². The summed E-state index contributed by atoms with van der Waals surface area (Å²) in [5.41, 5.74) is 1.30. The fourth-order valence-corrected chi connectivity index (χ4v) is 4.23. The summed E-state index contributed by atoms with van der Waals surface area (Å²) < 4.78 is 13.2. The number of thioether (sulfide) groups is 1. The number of amides is 1. The maximum Gasteiger partial charge on any atom is 0.326 e. The molecule has 29 heavy (non-hydrogen) atoms. The molecule has 0 fully saturated rings. The topological polar surface area (TPSA) is 69.9 Å². The smallest absolute Gasteiger partial charge is 0.326 e. The zero-order valence-electron chi connectivity index (χ0n) is 16.5. The van der Waals surface area contributed by atoms with Crippen LogP contribution in [0.1, 0.15) is 24.2 Å². The lowest BCUT2D eigenvalue weighted by Gasteiger charge is -2.06. The van der Waals surface area contributed by atoms with Gasteiger partial charge in [-0.1, -0.05) is 11.3 Å². The summed E-state index contributed by atoms with van der Waals surface area (Å²) in [6.07, 6.45) is 1.98. The molecule has 0 aliphatic rings. The number of hydrogen-bond acceptors (Lipinski definition) is 6. The normalized spacial score (nSPS) is 11.6. The number of nitrogens with zero attached hydrogens (tertiary/aromatic N) is 2. The second-order valence-electron chi connectivity index (χ2n) is 5.98. The van der Waals surface area contributed by atoms with Gasteiger partial charge in [-0.3, -0.25) is 9.59 Å². The van der Waals surface area contributed by atoms with E-state index in [0.29, 0.717) is 23.6 Å². The van der Waals surface area contributed by atoms with Gasteiger partial charge in [-0.15, -0.1) is 11.8 Å². The van der Waals surface area contributed by atoms with Gasteiger partial charge in [0.1, 0.15) is 12.3 Å². The molecule has 1 amide bonds. The van der Waals surface area contributed by atoms with Gasteiger partial charge >= 0.3 is 5.97 Å². The first kappa shape index (κ1) is 21.1. The van der Waals surface area contributed by atoms with Crippen molar-refractivity contribution in [2.75, 3.05) is 19.5 Å². The molecule has 3 rings (SSSR count). The van der Waals surface area contributed by atoms with Gasteiger partial charge in [0.2, 0.25) is 0 Å². The van der Waals surface area contributed by atoms with E-state index in [-0.39, 0.29) is 18.4 Å². The van der Waals surface area contributed by atoms with Crippen LogP contribution in [0.15, 0.2) is 52.4 Å². The Labute approximate surface area is 177 Å². The second-order valence-corrected chi connectivity index (χ2v) is 7.87. The van der Waals surface area contributed by atoms with Gasteiger partial charge in [0.05, 0.1) is 23.4 Å². The third-order valence-electron chi connectivity index (χ3n) is 4.09. The summed E-state index contributed by atoms with van der Waals surface area (Å²) >= 11 is 2.95. The molecule has 152 valence electrons. The second kappa shape index (κ2) is 9.76. The number of rotatable bonds is 7. The van der Waals surface area contributed by atoms with Crippen LogP contribution >= 0.6 is 23.1 Å². The molecule has 0 saturated heterocycles. The first-order valence-corrected chi connectivity index (χ1v) is 11.2. The molecule has 0 unspecified atom stereocenters. The van der Waals surface area contributed by atoms with Crippen molar-refractivity contribution in [3.63, 3.8) is 0 Å². The van der Waals surface area contributed by atoms with Gasteiger partial charge in [-0.2, -0.15) is 4.99 Å². The van der Waals surface area contributed by atoms with E-state index in [2.05, 4.69) is 4.99 Å². The third-order valence-corrected chi connectivity index (χ3v) is 5.88. The maximum atomic E-state index is 12.7. The zero-order chi connectivity index (χ0) is 20.8. The van der Waals surface area contributed by atoms with Crippen LogP contribution in [0.3, 0.4) is 0 Å². The number of esters is 1. The van der Waals surface area contributed by atoms with Gasteiger partial charge in [0.15, 0.2) is 4.80 Å². The Morgan fingerprint density at radius 2 is 1.86 bits per heavy atom. The van der Waals surface area contributed by atoms with E-state index >= 15 is 0 Å². The maximum absolute atomic E-state index is 12.7. The van der Waals surface area contributed by atoms with E-state index in [0.717, 1.165) is 20.9 Å². The van der Waals surface area contributed by atoms with Crippen LogP contribution < -0.4 is 9.54 Å². The lowest BCUT2D eigenvalue weighted by molar-refractivity contribution is -0.143. The average Bonchev–Trinajstić information content (AvgIpc) is 3.04. The Morgan fingerprint density at radius 3 is 2.52 bits per heavy atom. The summed E-state index contributed by atoms with van der Waals surface area (Å²) in [4.78, 5) is 30.6. The number of carbonyl (C=O) groups excluding carboxylic acids is 2. The van der Waals surface area contributed by atoms with Crippen molar-refractivity contribution >= 4 is 45.2 Å². The van der Waals surface area contributed by atoms with Crippen LogP contribution in [0.25, 0.3) is 10.2 Å². The predicted octanol–water partition coefficient (Wildman–Crippen LogP) is 4.13. The van der Waals surface area contributed by atoms with Crippen molar-refractivity contribution in [1.29, 1.82) is 0 Å². The zero-order valence-corrected chi connectivity index (χ0v) is 18.1. The van der Waals surface area contributed by atoms with Crippen molar-refractivity contribution in [2.24, 2.45) is 4.99 Å². The molecular formula is C21H22N2O4S2. The van der Waals surface area contributed by atoms with E-state index in [1.165, 1.54) is 11.3 Å². The average molecular weight is 431 g/mol. The van der Waals surface area contributed by atoms with Gasteiger partial charge in [-0.25, -0.2) is 0 Å². The van der Waals surface area contributed by atoms with Crippen LogP contribution in [0.5, 0.6) is 5.75 Å². The SMILES string of the molecule is CCOC(=O)Cn1c(=NC(=O)c2ccc(SC)cc2)sc2cc(OCC)ccc21. The molecule has 2 aromatic carbocycles. The molecule has 1 aromatic heterocycles. The molecule has 0 atom stereocenters.